The topological polar surface area (TPSA) is 29.3 Å². The Hall–Kier alpha value is -0.340. The van der Waals surface area contributed by atoms with Gasteiger partial charge in [0.05, 0.1) is 0 Å². The molecule has 0 aromatic carbocycles. The number of hydrogen-bond donors (Lipinski definition) is 1. The highest BCUT2D eigenvalue weighted by Crippen LogP contribution is 2.09. The summed E-state index contributed by atoms with van der Waals surface area (Å²) in [6.45, 7) is 13.4. The summed E-state index contributed by atoms with van der Waals surface area (Å²) in [6, 6.07) is 0.600. The molecule has 0 heterocycles. The van der Waals surface area contributed by atoms with E-state index in [0.717, 1.165) is 19.6 Å². The molecule has 0 bridgehead atoms. The second-order valence-electron chi connectivity index (χ2n) is 4.18. The van der Waals surface area contributed by atoms with Crippen LogP contribution in [0.15, 0.2) is 12.7 Å². The lowest BCUT2D eigenvalue weighted by Gasteiger charge is -2.26. The van der Waals surface area contributed by atoms with Crippen molar-refractivity contribution in [2.24, 2.45) is 11.7 Å². The fourth-order valence-electron chi connectivity index (χ4n) is 1.56. The Bertz CT molecular complexity index is 139. The van der Waals surface area contributed by atoms with Crippen molar-refractivity contribution in [2.45, 2.75) is 39.7 Å². The van der Waals surface area contributed by atoms with Crippen molar-refractivity contribution in [2.75, 3.05) is 19.6 Å². The lowest BCUT2D eigenvalue weighted by Crippen LogP contribution is -2.33. The van der Waals surface area contributed by atoms with Crippen LogP contribution in [0.4, 0.5) is 0 Å². The maximum atomic E-state index is 5.68. The molecular weight excluding hydrogens is 172 g/mol. The van der Waals surface area contributed by atoms with Gasteiger partial charge in [-0.1, -0.05) is 19.4 Å². The van der Waals surface area contributed by atoms with E-state index in [2.05, 4.69) is 32.3 Å². The first kappa shape index (κ1) is 13.7. The smallest absolute Gasteiger partial charge is 0.0163 e. The average molecular weight is 198 g/mol. The highest BCUT2D eigenvalue weighted by atomic mass is 15.1. The van der Waals surface area contributed by atoms with Gasteiger partial charge >= 0.3 is 0 Å². The first-order valence-electron chi connectivity index (χ1n) is 5.70. The van der Waals surface area contributed by atoms with Crippen LogP contribution in [0.5, 0.6) is 0 Å². The molecule has 0 aliphatic heterocycles. The van der Waals surface area contributed by atoms with Crippen LogP contribution in [-0.2, 0) is 0 Å². The maximum absolute atomic E-state index is 5.68. The molecule has 1 unspecified atom stereocenters. The first-order valence-corrected chi connectivity index (χ1v) is 5.70. The van der Waals surface area contributed by atoms with Crippen molar-refractivity contribution in [1.29, 1.82) is 0 Å². The van der Waals surface area contributed by atoms with Gasteiger partial charge in [0.15, 0.2) is 0 Å². The fourth-order valence-corrected chi connectivity index (χ4v) is 1.56. The normalized spacial score (nSPS) is 13.6. The van der Waals surface area contributed by atoms with E-state index in [-0.39, 0.29) is 0 Å². The zero-order valence-corrected chi connectivity index (χ0v) is 10.00. The van der Waals surface area contributed by atoms with Crippen molar-refractivity contribution in [3.05, 3.63) is 12.7 Å². The van der Waals surface area contributed by atoms with Gasteiger partial charge in [0.1, 0.15) is 0 Å². The summed E-state index contributed by atoms with van der Waals surface area (Å²) >= 11 is 0. The molecule has 0 saturated carbocycles. The molecule has 0 saturated heterocycles. The van der Waals surface area contributed by atoms with Gasteiger partial charge in [-0.25, -0.2) is 0 Å². The van der Waals surface area contributed by atoms with Crippen molar-refractivity contribution < 1.29 is 0 Å². The summed E-state index contributed by atoms with van der Waals surface area (Å²) in [5, 5.41) is 0. The second kappa shape index (κ2) is 8.01. The molecule has 0 rings (SSSR count). The Morgan fingerprint density at radius 2 is 2.07 bits per heavy atom. The molecule has 2 nitrogen and oxygen atoms in total. The predicted molar refractivity (Wildman–Crippen MR) is 64.4 cm³/mol. The lowest BCUT2D eigenvalue weighted by atomic mass is 10.0. The SMILES string of the molecule is C=CCN(CCC(CC)CN)C(C)C. The monoisotopic (exact) mass is 198 g/mol. The summed E-state index contributed by atoms with van der Waals surface area (Å²) in [7, 11) is 0. The minimum atomic E-state index is 0.600. The van der Waals surface area contributed by atoms with Crippen LogP contribution in [0.25, 0.3) is 0 Å². The number of nitrogens with two attached hydrogens (primary N) is 1. The quantitative estimate of drug-likeness (QED) is 0.606. The average Bonchev–Trinajstić information content (AvgIpc) is 2.17. The Kier molecular flexibility index (Phi) is 7.81. The van der Waals surface area contributed by atoms with Gasteiger partial charge in [0.25, 0.3) is 0 Å². The second-order valence-corrected chi connectivity index (χ2v) is 4.18. The predicted octanol–water partition coefficient (Wildman–Crippen LogP) is 2.26. The van der Waals surface area contributed by atoms with E-state index in [0.29, 0.717) is 12.0 Å². The fraction of sp³-hybridized carbons (Fsp3) is 0.833. The molecule has 0 aliphatic carbocycles. The largest absolute Gasteiger partial charge is 0.330 e. The van der Waals surface area contributed by atoms with Crippen LogP contribution >= 0.6 is 0 Å². The summed E-state index contributed by atoms with van der Waals surface area (Å²) in [6.07, 6.45) is 4.37. The van der Waals surface area contributed by atoms with Gasteiger partial charge in [0, 0.05) is 12.6 Å². The third-order valence-electron chi connectivity index (χ3n) is 2.83. The van der Waals surface area contributed by atoms with Crippen LogP contribution in [0.1, 0.15) is 33.6 Å². The van der Waals surface area contributed by atoms with E-state index in [1.807, 2.05) is 6.08 Å². The van der Waals surface area contributed by atoms with Gasteiger partial charge < -0.3 is 5.73 Å². The molecule has 0 fully saturated rings. The first-order chi connectivity index (χ1) is 6.65. The van der Waals surface area contributed by atoms with E-state index in [1.54, 1.807) is 0 Å². The summed E-state index contributed by atoms with van der Waals surface area (Å²) in [5.41, 5.74) is 5.68. The molecule has 0 aromatic heterocycles. The van der Waals surface area contributed by atoms with Gasteiger partial charge in [-0.05, 0) is 39.3 Å². The molecule has 1 atom stereocenters. The van der Waals surface area contributed by atoms with Crippen molar-refractivity contribution >= 4 is 0 Å². The van der Waals surface area contributed by atoms with E-state index in [9.17, 15) is 0 Å². The zero-order chi connectivity index (χ0) is 11.0. The van der Waals surface area contributed by atoms with Crippen LogP contribution in [0.2, 0.25) is 0 Å². The van der Waals surface area contributed by atoms with Crippen LogP contribution in [0.3, 0.4) is 0 Å². The Morgan fingerprint density at radius 1 is 1.43 bits per heavy atom. The van der Waals surface area contributed by atoms with Gasteiger partial charge in [-0.15, -0.1) is 6.58 Å². The Balaban J connectivity index is 3.85. The molecule has 0 amide bonds. The van der Waals surface area contributed by atoms with E-state index in [1.165, 1.54) is 12.8 Å². The van der Waals surface area contributed by atoms with Crippen molar-refractivity contribution in [3.8, 4) is 0 Å². The minimum absolute atomic E-state index is 0.600. The molecule has 0 aliphatic rings. The number of rotatable bonds is 8. The molecule has 0 radical (unpaired) electrons. The third-order valence-corrected chi connectivity index (χ3v) is 2.83. The third kappa shape index (κ3) is 5.40. The summed E-state index contributed by atoms with van der Waals surface area (Å²) in [5.74, 6) is 0.682. The van der Waals surface area contributed by atoms with Gasteiger partial charge in [0.2, 0.25) is 0 Å². The van der Waals surface area contributed by atoms with Crippen molar-refractivity contribution in [1.82, 2.24) is 4.90 Å². The maximum Gasteiger partial charge on any atom is 0.0163 e. The van der Waals surface area contributed by atoms with Crippen LogP contribution in [0, 0.1) is 5.92 Å². The van der Waals surface area contributed by atoms with Crippen molar-refractivity contribution in [3.63, 3.8) is 0 Å². The van der Waals surface area contributed by atoms with E-state index < -0.39 is 0 Å². The van der Waals surface area contributed by atoms with Crippen LogP contribution in [-0.4, -0.2) is 30.6 Å². The number of hydrogen-bond acceptors (Lipinski definition) is 2. The van der Waals surface area contributed by atoms with Gasteiger partial charge in [-0.2, -0.15) is 0 Å². The number of nitrogens with zero attached hydrogens (tertiary/aromatic N) is 1. The minimum Gasteiger partial charge on any atom is -0.330 e. The standard InChI is InChI=1S/C12H26N2/c1-5-8-14(11(3)4)9-7-12(6-2)10-13/h5,11-12H,1,6-10,13H2,2-4H3. The molecule has 0 aromatic rings. The molecule has 84 valence electrons. The van der Waals surface area contributed by atoms with Crippen LogP contribution < -0.4 is 5.73 Å². The lowest BCUT2D eigenvalue weighted by molar-refractivity contribution is 0.226. The Morgan fingerprint density at radius 3 is 2.43 bits per heavy atom. The molecule has 14 heavy (non-hydrogen) atoms. The zero-order valence-electron chi connectivity index (χ0n) is 10.00. The molecule has 2 N–H and O–H groups in total. The molecule has 2 heteroatoms. The Labute approximate surface area is 89.2 Å². The van der Waals surface area contributed by atoms with E-state index in [4.69, 9.17) is 5.73 Å². The molecular formula is C12H26N2. The highest BCUT2D eigenvalue weighted by Gasteiger charge is 2.10. The van der Waals surface area contributed by atoms with Gasteiger partial charge in [-0.3, -0.25) is 4.90 Å². The summed E-state index contributed by atoms with van der Waals surface area (Å²) in [4.78, 5) is 2.44. The van der Waals surface area contributed by atoms with E-state index >= 15 is 0 Å². The summed E-state index contributed by atoms with van der Waals surface area (Å²) < 4.78 is 0. The molecule has 0 spiro atoms. The highest BCUT2D eigenvalue weighted by molar-refractivity contribution is 4.76.